The Hall–Kier alpha value is -2.14. The third-order valence-electron chi connectivity index (χ3n) is 2.47. The number of nitrogens with two attached hydrogens (primary N) is 1. The summed E-state index contributed by atoms with van der Waals surface area (Å²) >= 11 is 0. The van der Waals surface area contributed by atoms with E-state index in [1.54, 1.807) is 12.4 Å². The lowest BCUT2D eigenvalue weighted by atomic mass is 10.2. The number of nitrogens with zero attached hydrogens (tertiary/aromatic N) is 1. The summed E-state index contributed by atoms with van der Waals surface area (Å²) in [7, 11) is 0. The van der Waals surface area contributed by atoms with Gasteiger partial charge in [-0.15, -0.1) is 0 Å². The molecule has 1 aromatic heterocycles. The topological polar surface area (TPSA) is 63.9 Å². The maximum Gasteiger partial charge on any atom is 0.137 e. The van der Waals surface area contributed by atoms with Gasteiger partial charge in [0.15, 0.2) is 0 Å². The predicted octanol–water partition coefficient (Wildman–Crippen LogP) is 2.27. The lowest BCUT2D eigenvalue weighted by Gasteiger charge is -2.07. The number of benzene rings is 1. The summed E-state index contributed by atoms with van der Waals surface area (Å²) in [6, 6.07) is 7.39. The van der Waals surface area contributed by atoms with Gasteiger partial charge in [0.05, 0.1) is 6.33 Å². The van der Waals surface area contributed by atoms with Crippen LogP contribution in [0.3, 0.4) is 0 Å². The molecule has 0 aliphatic rings. The standard InChI is InChI=1S/C13H14FN3O/c14-7-10(8-15)9-18-12-3-1-11(2-4-12)13-16-5-6-17-13/h1-7H,8-9,15H2,(H,16,17)/b10-7+. The van der Waals surface area contributed by atoms with Crippen LogP contribution in [0.5, 0.6) is 5.75 Å². The number of hydrogen-bond acceptors (Lipinski definition) is 3. The number of ether oxygens (including phenoxy) is 1. The van der Waals surface area contributed by atoms with Gasteiger partial charge < -0.3 is 15.5 Å². The molecular weight excluding hydrogens is 233 g/mol. The first kappa shape index (κ1) is 12.3. The molecule has 0 unspecified atom stereocenters. The van der Waals surface area contributed by atoms with E-state index in [0.29, 0.717) is 17.7 Å². The first-order valence-electron chi connectivity index (χ1n) is 5.54. The van der Waals surface area contributed by atoms with Crippen molar-refractivity contribution in [1.82, 2.24) is 9.97 Å². The molecule has 1 aromatic carbocycles. The molecule has 0 aliphatic heterocycles. The summed E-state index contributed by atoms with van der Waals surface area (Å²) in [6.45, 7) is 0.314. The van der Waals surface area contributed by atoms with Crippen LogP contribution in [0, 0.1) is 0 Å². The minimum atomic E-state index is 0.154. The van der Waals surface area contributed by atoms with Crippen LogP contribution in [0.4, 0.5) is 4.39 Å². The maximum absolute atomic E-state index is 12.3. The Morgan fingerprint density at radius 2 is 2.17 bits per heavy atom. The van der Waals surface area contributed by atoms with Crippen LogP contribution in [0.2, 0.25) is 0 Å². The SMILES string of the molecule is NC/C(=C\F)COc1ccc(-c2ncc[nH]2)cc1. The third kappa shape index (κ3) is 2.95. The molecule has 3 N–H and O–H groups in total. The molecule has 0 radical (unpaired) electrons. The van der Waals surface area contributed by atoms with Gasteiger partial charge in [-0.25, -0.2) is 9.37 Å². The van der Waals surface area contributed by atoms with Gasteiger partial charge in [0, 0.05) is 30.1 Å². The normalized spacial score (nSPS) is 11.6. The van der Waals surface area contributed by atoms with Crippen molar-refractivity contribution in [3.05, 3.63) is 48.6 Å². The van der Waals surface area contributed by atoms with E-state index in [1.807, 2.05) is 24.3 Å². The highest BCUT2D eigenvalue weighted by atomic mass is 19.1. The Balaban J connectivity index is 2.00. The number of hydrogen-bond donors (Lipinski definition) is 2. The Bertz CT molecular complexity index is 506. The van der Waals surface area contributed by atoms with Crippen LogP contribution in [0.15, 0.2) is 48.6 Å². The highest BCUT2D eigenvalue weighted by Crippen LogP contribution is 2.19. The number of imidazole rings is 1. The van der Waals surface area contributed by atoms with Crippen molar-refractivity contribution in [2.75, 3.05) is 13.2 Å². The van der Waals surface area contributed by atoms with Crippen molar-refractivity contribution in [2.24, 2.45) is 5.73 Å². The summed E-state index contributed by atoms with van der Waals surface area (Å²) in [4.78, 5) is 7.16. The van der Waals surface area contributed by atoms with Crippen molar-refractivity contribution in [1.29, 1.82) is 0 Å². The van der Waals surface area contributed by atoms with Crippen molar-refractivity contribution in [3.63, 3.8) is 0 Å². The second-order valence-electron chi connectivity index (χ2n) is 3.72. The molecule has 0 saturated heterocycles. The van der Waals surface area contributed by atoms with Crippen molar-refractivity contribution >= 4 is 0 Å². The molecule has 18 heavy (non-hydrogen) atoms. The molecule has 0 atom stereocenters. The third-order valence-corrected chi connectivity index (χ3v) is 2.47. The molecule has 1 heterocycles. The van der Waals surface area contributed by atoms with Crippen molar-refractivity contribution in [2.45, 2.75) is 0 Å². The number of H-pyrrole nitrogens is 1. The predicted molar refractivity (Wildman–Crippen MR) is 67.8 cm³/mol. The van der Waals surface area contributed by atoms with E-state index in [4.69, 9.17) is 10.5 Å². The Labute approximate surface area is 104 Å². The number of halogens is 1. The zero-order valence-corrected chi connectivity index (χ0v) is 9.77. The van der Waals surface area contributed by atoms with Crippen LogP contribution in [-0.2, 0) is 0 Å². The molecule has 5 heteroatoms. The fourth-order valence-electron chi connectivity index (χ4n) is 1.44. The van der Waals surface area contributed by atoms with E-state index < -0.39 is 0 Å². The van der Waals surface area contributed by atoms with Crippen LogP contribution >= 0.6 is 0 Å². The number of nitrogens with one attached hydrogen (secondary N) is 1. The first-order chi connectivity index (χ1) is 8.83. The van der Waals surface area contributed by atoms with E-state index in [0.717, 1.165) is 11.4 Å². The minimum Gasteiger partial charge on any atom is -0.489 e. The smallest absolute Gasteiger partial charge is 0.137 e. The Kier molecular flexibility index (Phi) is 4.09. The highest BCUT2D eigenvalue weighted by Gasteiger charge is 2.01. The summed E-state index contributed by atoms with van der Waals surface area (Å²) < 4.78 is 17.7. The van der Waals surface area contributed by atoms with Gasteiger partial charge >= 0.3 is 0 Å². The molecule has 94 valence electrons. The van der Waals surface area contributed by atoms with Gasteiger partial charge in [-0.05, 0) is 24.3 Å². The van der Waals surface area contributed by atoms with E-state index in [2.05, 4.69) is 9.97 Å². The molecule has 2 rings (SSSR count). The van der Waals surface area contributed by atoms with Crippen LogP contribution in [-0.4, -0.2) is 23.1 Å². The van der Waals surface area contributed by atoms with Crippen LogP contribution in [0.25, 0.3) is 11.4 Å². The number of rotatable bonds is 5. The van der Waals surface area contributed by atoms with Gasteiger partial charge in [-0.1, -0.05) is 0 Å². The van der Waals surface area contributed by atoms with Gasteiger partial charge in [-0.2, -0.15) is 0 Å². The summed E-state index contributed by atoms with van der Waals surface area (Å²) in [5, 5.41) is 0. The molecule has 0 saturated carbocycles. The number of aromatic amines is 1. The molecule has 2 aromatic rings. The first-order valence-corrected chi connectivity index (χ1v) is 5.54. The molecule has 0 spiro atoms. The van der Waals surface area contributed by atoms with E-state index >= 15 is 0 Å². The fourth-order valence-corrected chi connectivity index (χ4v) is 1.44. The monoisotopic (exact) mass is 247 g/mol. The van der Waals surface area contributed by atoms with E-state index in [9.17, 15) is 4.39 Å². The summed E-state index contributed by atoms with van der Waals surface area (Å²) in [5.74, 6) is 1.46. The largest absolute Gasteiger partial charge is 0.489 e. The van der Waals surface area contributed by atoms with Crippen molar-refractivity contribution in [3.8, 4) is 17.1 Å². The van der Waals surface area contributed by atoms with Gasteiger partial charge in [0.25, 0.3) is 0 Å². The molecule has 0 fully saturated rings. The Morgan fingerprint density at radius 3 is 2.72 bits per heavy atom. The highest BCUT2D eigenvalue weighted by molar-refractivity contribution is 5.55. The molecule has 0 aliphatic carbocycles. The minimum absolute atomic E-state index is 0.154. The average Bonchev–Trinajstić information content (AvgIpc) is 2.94. The molecule has 4 nitrogen and oxygen atoms in total. The zero-order chi connectivity index (χ0) is 12.8. The lowest BCUT2D eigenvalue weighted by Crippen LogP contribution is -2.10. The van der Waals surface area contributed by atoms with Gasteiger partial charge in [0.1, 0.15) is 18.2 Å². The quantitative estimate of drug-likeness (QED) is 0.851. The van der Waals surface area contributed by atoms with E-state index in [1.165, 1.54) is 0 Å². The number of aromatic nitrogens is 2. The van der Waals surface area contributed by atoms with Crippen molar-refractivity contribution < 1.29 is 9.13 Å². The fraction of sp³-hybridized carbons (Fsp3) is 0.154. The summed E-state index contributed by atoms with van der Waals surface area (Å²) in [6.07, 6.45) is 3.94. The lowest BCUT2D eigenvalue weighted by molar-refractivity contribution is 0.347. The maximum atomic E-state index is 12.3. The second-order valence-corrected chi connectivity index (χ2v) is 3.72. The Morgan fingerprint density at radius 1 is 1.39 bits per heavy atom. The van der Waals surface area contributed by atoms with Crippen LogP contribution in [0.1, 0.15) is 0 Å². The van der Waals surface area contributed by atoms with Gasteiger partial charge in [-0.3, -0.25) is 0 Å². The summed E-state index contributed by atoms with van der Waals surface area (Å²) in [5.41, 5.74) is 6.72. The molecular formula is C13H14FN3O. The average molecular weight is 247 g/mol. The van der Waals surface area contributed by atoms with Crippen LogP contribution < -0.4 is 10.5 Å². The second kappa shape index (κ2) is 5.97. The zero-order valence-electron chi connectivity index (χ0n) is 9.77. The molecule has 0 bridgehead atoms. The van der Waals surface area contributed by atoms with Gasteiger partial charge in [0.2, 0.25) is 0 Å². The molecule has 0 amide bonds. The van der Waals surface area contributed by atoms with E-state index in [-0.39, 0.29) is 13.2 Å².